The molecule has 0 spiro atoms. The second-order valence-electron chi connectivity index (χ2n) is 9.03. The molecule has 2 aromatic heterocycles. The molecule has 1 fully saturated rings. The molecule has 7 heteroatoms. The molecule has 2 aliphatic rings. The zero-order chi connectivity index (χ0) is 22.2. The Hall–Kier alpha value is -3.09. The fourth-order valence-corrected chi connectivity index (χ4v) is 4.25. The third kappa shape index (κ3) is 3.92. The van der Waals surface area contributed by atoms with Crippen molar-refractivity contribution in [1.29, 1.82) is 0 Å². The van der Waals surface area contributed by atoms with Gasteiger partial charge in [0, 0.05) is 24.7 Å². The average molecular weight is 435 g/mol. The highest BCUT2D eigenvalue weighted by Crippen LogP contribution is 2.36. The zero-order valence-electron chi connectivity index (χ0n) is 19.0. The van der Waals surface area contributed by atoms with Crippen molar-refractivity contribution in [1.82, 2.24) is 19.7 Å². The second kappa shape index (κ2) is 8.45. The summed E-state index contributed by atoms with van der Waals surface area (Å²) in [6.07, 6.45) is 5.15. The molecule has 0 unspecified atom stereocenters. The number of aromatic nitrogens is 3. The lowest BCUT2D eigenvalue weighted by Crippen LogP contribution is -2.33. The van der Waals surface area contributed by atoms with Crippen LogP contribution in [0.5, 0.6) is 11.5 Å². The molecule has 1 aliphatic heterocycles. The van der Waals surface area contributed by atoms with Crippen molar-refractivity contribution in [2.24, 2.45) is 5.92 Å². The first-order chi connectivity index (χ1) is 15.5. The van der Waals surface area contributed by atoms with Gasteiger partial charge in [-0.1, -0.05) is 6.92 Å². The van der Waals surface area contributed by atoms with Crippen molar-refractivity contribution < 1.29 is 14.3 Å². The summed E-state index contributed by atoms with van der Waals surface area (Å²) in [5, 5.41) is 5.37. The molecule has 1 amide bonds. The predicted molar refractivity (Wildman–Crippen MR) is 123 cm³/mol. The number of nitrogens with zero attached hydrogens (tertiary/aromatic N) is 4. The van der Waals surface area contributed by atoms with Crippen molar-refractivity contribution in [3.63, 3.8) is 0 Å². The molecule has 0 atom stereocenters. The monoisotopic (exact) mass is 434 g/mol. The molecular formula is C25H30N4O3. The van der Waals surface area contributed by atoms with Gasteiger partial charge in [0.05, 0.1) is 22.8 Å². The van der Waals surface area contributed by atoms with E-state index < -0.39 is 0 Å². The number of hydrogen-bond donors (Lipinski definition) is 0. The summed E-state index contributed by atoms with van der Waals surface area (Å²) in [6, 6.07) is 7.88. The fraction of sp³-hybridized carbons (Fsp3) is 0.480. The van der Waals surface area contributed by atoms with Crippen molar-refractivity contribution in [3.8, 4) is 22.8 Å². The SMILES string of the molecule is CCCN(CC1CC1)C(=O)c1cc(-c2ccc3c(c2)OCCO3)nc2c1cnn2C(C)C. The van der Waals surface area contributed by atoms with E-state index in [1.165, 1.54) is 12.8 Å². The van der Waals surface area contributed by atoms with E-state index >= 15 is 0 Å². The standard InChI is InChI=1S/C25H30N4O3/c1-4-9-28(15-17-5-6-17)25(30)19-13-21(27-24-20(19)14-26-29(24)16(2)3)18-7-8-22-23(12-18)32-11-10-31-22/h7-8,12-14,16-17H,4-6,9-11,15H2,1-3H3. The number of pyridine rings is 1. The van der Waals surface area contributed by atoms with Gasteiger partial charge in [0.1, 0.15) is 13.2 Å². The number of ether oxygens (including phenoxy) is 2. The normalized spacial score (nSPS) is 15.4. The largest absolute Gasteiger partial charge is 0.486 e. The molecule has 32 heavy (non-hydrogen) atoms. The smallest absolute Gasteiger partial charge is 0.254 e. The van der Waals surface area contributed by atoms with E-state index in [2.05, 4.69) is 25.9 Å². The Morgan fingerprint density at radius 1 is 1.19 bits per heavy atom. The molecule has 5 rings (SSSR count). The molecule has 1 aliphatic carbocycles. The van der Waals surface area contributed by atoms with Crippen LogP contribution in [0.15, 0.2) is 30.5 Å². The average Bonchev–Trinajstić information content (AvgIpc) is 3.52. The van der Waals surface area contributed by atoms with Crippen LogP contribution in [0.2, 0.25) is 0 Å². The van der Waals surface area contributed by atoms with E-state index in [4.69, 9.17) is 14.5 Å². The Morgan fingerprint density at radius 2 is 1.97 bits per heavy atom. The van der Waals surface area contributed by atoms with Gasteiger partial charge >= 0.3 is 0 Å². The molecule has 3 heterocycles. The molecule has 3 aromatic rings. The van der Waals surface area contributed by atoms with Crippen LogP contribution >= 0.6 is 0 Å². The Kier molecular flexibility index (Phi) is 5.49. The van der Waals surface area contributed by atoms with Gasteiger partial charge in [0.2, 0.25) is 0 Å². The summed E-state index contributed by atoms with van der Waals surface area (Å²) in [7, 11) is 0. The number of hydrogen-bond acceptors (Lipinski definition) is 5. The van der Waals surface area contributed by atoms with Gasteiger partial charge in [-0.25, -0.2) is 9.67 Å². The number of carbonyl (C=O) groups excluding carboxylic acids is 1. The highest BCUT2D eigenvalue weighted by Gasteiger charge is 2.29. The maximum atomic E-state index is 13.7. The summed E-state index contributed by atoms with van der Waals surface area (Å²) in [6.45, 7) is 8.93. The van der Waals surface area contributed by atoms with E-state index in [0.29, 0.717) is 30.4 Å². The topological polar surface area (TPSA) is 69.5 Å². The maximum absolute atomic E-state index is 13.7. The van der Waals surface area contributed by atoms with Crippen molar-refractivity contribution in [3.05, 3.63) is 36.0 Å². The number of benzene rings is 1. The Balaban J connectivity index is 1.62. The van der Waals surface area contributed by atoms with Gasteiger partial charge in [-0.05, 0) is 63.3 Å². The lowest BCUT2D eigenvalue weighted by molar-refractivity contribution is 0.0749. The van der Waals surface area contributed by atoms with Crippen LogP contribution in [-0.4, -0.2) is 51.9 Å². The summed E-state index contributed by atoms with van der Waals surface area (Å²) in [4.78, 5) is 20.7. The summed E-state index contributed by atoms with van der Waals surface area (Å²) in [5.74, 6) is 2.15. The predicted octanol–water partition coefficient (Wildman–Crippen LogP) is 4.71. The third-order valence-electron chi connectivity index (χ3n) is 6.08. The Labute approximate surface area is 188 Å². The fourth-order valence-electron chi connectivity index (χ4n) is 4.25. The van der Waals surface area contributed by atoms with Gasteiger partial charge in [-0.2, -0.15) is 5.10 Å². The van der Waals surface area contributed by atoms with Gasteiger partial charge < -0.3 is 14.4 Å². The molecular weight excluding hydrogens is 404 g/mol. The van der Waals surface area contributed by atoms with Gasteiger partial charge in [0.25, 0.3) is 5.91 Å². The van der Waals surface area contributed by atoms with Crippen LogP contribution in [0.3, 0.4) is 0 Å². The van der Waals surface area contributed by atoms with E-state index in [1.54, 1.807) is 6.20 Å². The first-order valence-electron chi connectivity index (χ1n) is 11.6. The van der Waals surface area contributed by atoms with E-state index in [9.17, 15) is 4.79 Å². The van der Waals surface area contributed by atoms with Crippen molar-refractivity contribution >= 4 is 16.9 Å². The van der Waals surface area contributed by atoms with Crippen LogP contribution in [0, 0.1) is 5.92 Å². The lowest BCUT2D eigenvalue weighted by Gasteiger charge is -2.23. The van der Waals surface area contributed by atoms with Crippen LogP contribution in [0.1, 0.15) is 56.4 Å². The van der Waals surface area contributed by atoms with Gasteiger partial charge in [-0.15, -0.1) is 0 Å². The highest BCUT2D eigenvalue weighted by atomic mass is 16.6. The summed E-state index contributed by atoms with van der Waals surface area (Å²) in [5.41, 5.74) is 3.04. The maximum Gasteiger partial charge on any atom is 0.254 e. The number of rotatable bonds is 7. The van der Waals surface area contributed by atoms with Crippen molar-refractivity contribution in [2.75, 3.05) is 26.3 Å². The molecule has 168 valence electrons. The third-order valence-corrected chi connectivity index (χ3v) is 6.08. The molecule has 0 bridgehead atoms. The van der Waals surface area contributed by atoms with E-state index in [1.807, 2.05) is 33.8 Å². The molecule has 1 saturated carbocycles. The minimum absolute atomic E-state index is 0.0632. The van der Waals surface area contributed by atoms with E-state index in [0.717, 1.165) is 47.6 Å². The molecule has 1 aromatic carbocycles. The summed E-state index contributed by atoms with van der Waals surface area (Å²) >= 11 is 0. The second-order valence-corrected chi connectivity index (χ2v) is 9.03. The van der Waals surface area contributed by atoms with Crippen molar-refractivity contribution in [2.45, 2.75) is 46.1 Å². The van der Waals surface area contributed by atoms with Crippen LogP contribution in [0.4, 0.5) is 0 Å². The number of fused-ring (bicyclic) bond motifs is 2. The molecule has 7 nitrogen and oxygen atoms in total. The minimum atomic E-state index is 0.0632. The first-order valence-corrected chi connectivity index (χ1v) is 11.6. The number of amides is 1. The van der Waals surface area contributed by atoms with Gasteiger partial charge in [-0.3, -0.25) is 4.79 Å². The lowest BCUT2D eigenvalue weighted by atomic mass is 10.0. The summed E-state index contributed by atoms with van der Waals surface area (Å²) < 4.78 is 13.3. The molecule has 0 radical (unpaired) electrons. The van der Waals surface area contributed by atoms with Crippen LogP contribution < -0.4 is 9.47 Å². The molecule has 0 saturated heterocycles. The Bertz CT molecular complexity index is 1150. The van der Waals surface area contributed by atoms with E-state index in [-0.39, 0.29) is 11.9 Å². The minimum Gasteiger partial charge on any atom is -0.486 e. The highest BCUT2D eigenvalue weighted by molar-refractivity contribution is 6.06. The van der Waals surface area contributed by atoms with Crippen LogP contribution in [0.25, 0.3) is 22.3 Å². The van der Waals surface area contributed by atoms with Gasteiger partial charge in [0.15, 0.2) is 17.1 Å². The quantitative estimate of drug-likeness (QED) is 0.539. The van der Waals surface area contributed by atoms with Crippen LogP contribution in [-0.2, 0) is 0 Å². The number of carbonyl (C=O) groups is 1. The Morgan fingerprint density at radius 3 is 2.69 bits per heavy atom. The molecule has 0 N–H and O–H groups in total. The zero-order valence-corrected chi connectivity index (χ0v) is 19.0. The first kappa shape index (κ1) is 20.8.